The quantitative estimate of drug-likeness (QED) is 0.485. The number of hydrogen-bond acceptors (Lipinski definition) is 4. The summed E-state index contributed by atoms with van der Waals surface area (Å²) < 4.78 is 0. The number of rotatable bonds is 6. The van der Waals surface area contributed by atoms with Crippen molar-refractivity contribution in [1.82, 2.24) is 10.2 Å². The van der Waals surface area contributed by atoms with E-state index in [1.54, 1.807) is 30.3 Å². The molecule has 0 aliphatic carbocycles. The SMILES string of the molecule is C[C@H]1CCC[C@H](C)N1CCCNC(=O)[C@]1(O)c2ccccc2NC(=O)N1c1ccc(Cl)c(Cl)c1. The van der Waals surface area contributed by atoms with Crippen molar-refractivity contribution in [3.05, 3.63) is 58.1 Å². The number of carbonyl (C=O) groups is 2. The lowest BCUT2D eigenvalue weighted by molar-refractivity contribution is -0.140. The largest absolute Gasteiger partial charge is 0.359 e. The van der Waals surface area contributed by atoms with Crippen LogP contribution in [0.25, 0.3) is 0 Å². The van der Waals surface area contributed by atoms with E-state index in [9.17, 15) is 14.7 Å². The van der Waals surface area contributed by atoms with Crippen molar-refractivity contribution in [3.63, 3.8) is 0 Å². The van der Waals surface area contributed by atoms with Crippen molar-refractivity contribution in [1.29, 1.82) is 0 Å². The Morgan fingerprint density at radius 3 is 2.56 bits per heavy atom. The van der Waals surface area contributed by atoms with Gasteiger partial charge in [0.05, 0.1) is 21.4 Å². The number of amides is 3. The van der Waals surface area contributed by atoms with E-state index < -0.39 is 17.7 Å². The molecule has 3 N–H and O–H groups in total. The molecule has 0 bridgehead atoms. The van der Waals surface area contributed by atoms with Crippen molar-refractivity contribution in [2.24, 2.45) is 0 Å². The summed E-state index contributed by atoms with van der Waals surface area (Å²) in [5.74, 6) is -0.680. The van der Waals surface area contributed by atoms with Crippen LogP contribution in [-0.2, 0) is 10.5 Å². The number of halogens is 2. The number of carbonyl (C=O) groups excluding carboxylic acids is 2. The third-order valence-corrected chi connectivity index (χ3v) is 7.54. The number of anilines is 2. The molecule has 0 aromatic heterocycles. The highest BCUT2D eigenvalue weighted by Gasteiger charge is 2.51. The first kappa shape index (κ1) is 24.8. The summed E-state index contributed by atoms with van der Waals surface area (Å²) in [6.07, 6.45) is 4.34. The number of hydrogen-bond donors (Lipinski definition) is 3. The van der Waals surface area contributed by atoms with Gasteiger partial charge in [0, 0.05) is 30.7 Å². The van der Waals surface area contributed by atoms with Crippen LogP contribution in [0.1, 0.15) is 45.1 Å². The van der Waals surface area contributed by atoms with Crippen LogP contribution in [0.4, 0.5) is 16.2 Å². The average Bonchev–Trinajstić information content (AvgIpc) is 2.80. The highest BCUT2D eigenvalue weighted by molar-refractivity contribution is 6.42. The number of likely N-dealkylation sites (tertiary alicyclic amines) is 1. The maximum Gasteiger partial charge on any atom is 0.329 e. The molecule has 0 radical (unpaired) electrons. The van der Waals surface area contributed by atoms with Crippen LogP contribution in [0.5, 0.6) is 0 Å². The first-order chi connectivity index (χ1) is 16.2. The normalized spacial score (nSPS) is 25.0. The lowest BCUT2D eigenvalue weighted by Crippen LogP contribution is -2.62. The second kappa shape index (κ2) is 10.1. The van der Waals surface area contributed by atoms with Crippen molar-refractivity contribution in [2.45, 2.75) is 57.3 Å². The Morgan fingerprint density at radius 1 is 1.15 bits per heavy atom. The zero-order valence-corrected chi connectivity index (χ0v) is 20.9. The summed E-state index contributed by atoms with van der Waals surface area (Å²) in [4.78, 5) is 30.0. The Hall–Kier alpha value is -2.32. The first-order valence-electron chi connectivity index (χ1n) is 11.7. The predicted molar refractivity (Wildman–Crippen MR) is 135 cm³/mol. The second-order valence-corrected chi connectivity index (χ2v) is 9.87. The van der Waals surface area contributed by atoms with Gasteiger partial charge < -0.3 is 15.7 Å². The fourth-order valence-corrected chi connectivity index (χ4v) is 5.28. The number of para-hydroxylation sites is 1. The molecule has 1 saturated heterocycles. The minimum Gasteiger partial charge on any atom is -0.359 e. The molecule has 7 nitrogen and oxygen atoms in total. The summed E-state index contributed by atoms with van der Waals surface area (Å²) in [5, 5.41) is 17.9. The predicted octanol–water partition coefficient (Wildman–Crippen LogP) is 4.96. The Balaban J connectivity index is 1.57. The fourth-order valence-electron chi connectivity index (χ4n) is 4.99. The Morgan fingerprint density at radius 2 is 1.85 bits per heavy atom. The van der Waals surface area contributed by atoms with E-state index in [2.05, 4.69) is 29.4 Å². The van der Waals surface area contributed by atoms with Crippen LogP contribution in [0.15, 0.2) is 42.5 Å². The number of piperidine rings is 1. The van der Waals surface area contributed by atoms with Crippen molar-refractivity contribution in [2.75, 3.05) is 23.3 Å². The summed E-state index contributed by atoms with van der Waals surface area (Å²) in [5.41, 5.74) is -1.37. The molecule has 3 amide bonds. The number of urea groups is 1. The molecular formula is C25H30Cl2N4O3. The van der Waals surface area contributed by atoms with E-state index in [1.807, 2.05) is 0 Å². The number of benzene rings is 2. The van der Waals surface area contributed by atoms with Gasteiger partial charge in [-0.15, -0.1) is 0 Å². The molecule has 34 heavy (non-hydrogen) atoms. The zero-order valence-electron chi connectivity index (χ0n) is 19.4. The summed E-state index contributed by atoms with van der Waals surface area (Å²) in [6.45, 7) is 5.71. The maximum absolute atomic E-state index is 13.5. The van der Waals surface area contributed by atoms with Crippen molar-refractivity contribution in [3.8, 4) is 0 Å². The van der Waals surface area contributed by atoms with Gasteiger partial charge in [-0.1, -0.05) is 47.8 Å². The molecule has 2 aromatic carbocycles. The minimum atomic E-state index is -2.26. The lowest BCUT2D eigenvalue weighted by atomic mass is 9.94. The van der Waals surface area contributed by atoms with Gasteiger partial charge in [0.2, 0.25) is 0 Å². The first-order valence-corrected chi connectivity index (χ1v) is 12.4. The molecule has 2 aromatic rings. The van der Waals surface area contributed by atoms with Gasteiger partial charge in [-0.2, -0.15) is 0 Å². The molecule has 0 saturated carbocycles. The Kier molecular flexibility index (Phi) is 7.38. The van der Waals surface area contributed by atoms with E-state index in [1.165, 1.54) is 31.4 Å². The van der Waals surface area contributed by atoms with E-state index in [0.29, 0.717) is 29.3 Å². The standard InChI is InChI=1S/C25H30Cl2N4O3/c1-16-7-5-8-17(2)30(16)14-6-13-28-23(32)25(34)19-9-3-4-10-22(19)29-24(33)31(25)18-11-12-20(26)21(27)15-18/h3-4,9-12,15-17,34H,5-8,13-14H2,1-2H3,(H,28,32)(H,29,33)/t16-,17-,25+/m0/s1. The number of nitrogens with zero attached hydrogens (tertiary/aromatic N) is 2. The van der Waals surface area contributed by atoms with Crippen LogP contribution in [0.2, 0.25) is 10.0 Å². The van der Waals surface area contributed by atoms with Crippen LogP contribution < -0.4 is 15.5 Å². The van der Waals surface area contributed by atoms with Crippen molar-refractivity contribution >= 4 is 46.5 Å². The van der Waals surface area contributed by atoms with Gasteiger partial charge in [0.1, 0.15) is 0 Å². The van der Waals surface area contributed by atoms with Crippen LogP contribution in [-0.4, -0.2) is 47.1 Å². The number of aliphatic hydroxyl groups is 1. The summed E-state index contributed by atoms with van der Waals surface area (Å²) in [6, 6.07) is 11.6. The average molecular weight is 505 g/mol. The van der Waals surface area contributed by atoms with Crippen LogP contribution in [0.3, 0.4) is 0 Å². The lowest BCUT2D eigenvalue weighted by Gasteiger charge is -2.42. The molecule has 0 unspecified atom stereocenters. The van der Waals surface area contributed by atoms with E-state index in [0.717, 1.165) is 17.9 Å². The molecule has 2 aliphatic rings. The van der Waals surface area contributed by atoms with E-state index >= 15 is 0 Å². The molecule has 3 atom stereocenters. The van der Waals surface area contributed by atoms with Gasteiger partial charge in [-0.25, -0.2) is 4.79 Å². The molecule has 2 aliphatic heterocycles. The summed E-state index contributed by atoms with van der Waals surface area (Å²) >= 11 is 12.2. The molecule has 2 heterocycles. The third-order valence-electron chi connectivity index (χ3n) is 6.80. The Bertz CT molecular complexity index is 1070. The minimum absolute atomic E-state index is 0.207. The molecule has 0 spiro atoms. The molecule has 1 fully saturated rings. The molecular weight excluding hydrogens is 475 g/mol. The van der Waals surface area contributed by atoms with Gasteiger partial charge in [-0.05, 0) is 57.4 Å². The smallest absolute Gasteiger partial charge is 0.329 e. The number of fused-ring (bicyclic) bond motifs is 1. The highest BCUT2D eigenvalue weighted by Crippen LogP contribution is 2.41. The van der Waals surface area contributed by atoms with Crippen LogP contribution >= 0.6 is 23.2 Å². The Labute approximate surface area is 210 Å². The second-order valence-electron chi connectivity index (χ2n) is 9.06. The van der Waals surface area contributed by atoms with Crippen molar-refractivity contribution < 1.29 is 14.7 Å². The monoisotopic (exact) mass is 504 g/mol. The molecule has 4 rings (SSSR count). The van der Waals surface area contributed by atoms with Gasteiger partial charge >= 0.3 is 6.03 Å². The van der Waals surface area contributed by atoms with Gasteiger partial charge in [0.15, 0.2) is 0 Å². The van der Waals surface area contributed by atoms with E-state index in [-0.39, 0.29) is 16.3 Å². The maximum atomic E-state index is 13.5. The third kappa shape index (κ3) is 4.62. The zero-order chi connectivity index (χ0) is 24.5. The molecule has 9 heteroatoms. The van der Waals surface area contributed by atoms with E-state index in [4.69, 9.17) is 23.2 Å². The number of nitrogens with one attached hydrogen (secondary N) is 2. The molecule has 182 valence electrons. The van der Waals surface area contributed by atoms with Gasteiger partial charge in [-0.3, -0.25) is 14.6 Å². The highest BCUT2D eigenvalue weighted by atomic mass is 35.5. The van der Waals surface area contributed by atoms with Gasteiger partial charge in [0.25, 0.3) is 11.6 Å². The topological polar surface area (TPSA) is 84.9 Å². The fraction of sp³-hybridized carbons (Fsp3) is 0.440. The summed E-state index contributed by atoms with van der Waals surface area (Å²) in [7, 11) is 0. The van der Waals surface area contributed by atoms with Crippen LogP contribution in [0, 0.1) is 0 Å².